The van der Waals surface area contributed by atoms with Gasteiger partial charge >= 0.3 is 0 Å². The molecule has 1 aromatic carbocycles. The molecule has 0 aliphatic rings. The number of rotatable bonds is 4. The molecule has 0 aliphatic heterocycles. The SMILES string of the molecule is CCC(=O)N(CCN)c1ccc(F)cc1. The molecule has 1 rings (SSSR count). The number of halogens is 1. The smallest absolute Gasteiger partial charge is 0.226 e. The topological polar surface area (TPSA) is 46.3 Å². The molecule has 0 unspecified atom stereocenters. The molecule has 82 valence electrons. The van der Waals surface area contributed by atoms with Crippen LogP contribution in [0, 0.1) is 5.82 Å². The van der Waals surface area contributed by atoms with Gasteiger partial charge in [0.05, 0.1) is 0 Å². The average molecular weight is 210 g/mol. The van der Waals surface area contributed by atoms with Gasteiger partial charge in [0.1, 0.15) is 5.82 Å². The minimum atomic E-state index is -0.310. The van der Waals surface area contributed by atoms with Crippen molar-refractivity contribution in [2.75, 3.05) is 18.0 Å². The second kappa shape index (κ2) is 5.46. The van der Waals surface area contributed by atoms with Crippen molar-refractivity contribution < 1.29 is 9.18 Å². The van der Waals surface area contributed by atoms with Gasteiger partial charge in [-0.25, -0.2) is 4.39 Å². The standard InChI is InChI=1S/C11H15FN2O/c1-2-11(15)14(8-7-13)10-5-3-9(12)4-6-10/h3-6H,2,7-8,13H2,1H3. The lowest BCUT2D eigenvalue weighted by Gasteiger charge is -2.21. The van der Waals surface area contributed by atoms with Crippen molar-refractivity contribution in [3.05, 3.63) is 30.1 Å². The van der Waals surface area contributed by atoms with E-state index in [1.54, 1.807) is 24.0 Å². The summed E-state index contributed by atoms with van der Waals surface area (Å²) in [6, 6.07) is 5.83. The summed E-state index contributed by atoms with van der Waals surface area (Å²) in [6.45, 7) is 2.64. The van der Waals surface area contributed by atoms with Crippen LogP contribution in [-0.2, 0) is 4.79 Å². The highest BCUT2D eigenvalue weighted by Crippen LogP contribution is 2.15. The lowest BCUT2D eigenvalue weighted by atomic mass is 10.2. The van der Waals surface area contributed by atoms with Crippen LogP contribution in [0.3, 0.4) is 0 Å². The molecule has 1 amide bonds. The van der Waals surface area contributed by atoms with Gasteiger partial charge in [0.2, 0.25) is 5.91 Å². The predicted molar refractivity (Wildman–Crippen MR) is 58.1 cm³/mol. The summed E-state index contributed by atoms with van der Waals surface area (Å²) in [5.74, 6) is -0.317. The quantitative estimate of drug-likeness (QED) is 0.819. The van der Waals surface area contributed by atoms with Crippen molar-refractivity contribution in [2.24, 2.45) is 5.73 Å². The van der Waals surface area contributed by atoms with Crippen molar-refractivity contribution in [1.29, 1.82) is 0 Å². The minimum absolute atomic E-state index is 0.00735. The first-order chi connectivity index (χ1) is 7.19. The number of anilines is 1. The predicted octanol–water partition coefficient (Wildman–Crippen LogP) is 1.53. The number of carbonyl (C=O) groups is 1. The maximum atomic E-state index is 12.7. The fourth-order valence-corrected chi connectivity index (χ4v) is 1.34. The fourth-order valence-electron chi connectivity index (χ4n) is 1.34. The molecular formula is C11H15FN2O. The maximum absolute atomic E-state index is 12.7. The van der Waals surface area contributed by atoms with Crippen LogP contribution in [0.1, 0.15) is 13.3 Å². The monoisotopic (exact) mass is 210 g/mol. The number of amides is 1. The van der Waals surface area contributed by atoms with Gasteiger partial charge in [-0.2, -0.15) is 0 Å². The van der Waals surface area contributed by atoms with Crippen molar-refractivity contribution in [3.63, 3.8) is 0 Å². The lowest BCUT2D eigenvalue weighted by Crippen LogP contribution is -2.34. The zero-order chi connectivity index (χ0) is 11.3. The Labute approximate surface area is 88.7 Å². The Kier molecular flexibility index (Phi) is 4.24. The van der Waals surface area contributed by atoms with Crippen LogP contribution in [0.4, 0.5) is 10.1 Å². The van der Waals surface area contributed by atoms with Crippen molar-refractivity contribution in [3.8, 4) is 0 Å². The summed E-state index contributed by atoms with van der Waals surface area (Å²) >= 11 is 0. The molecule has 0 saturated carbocycles. The molecule has 0 atom stereocenters. The first-order valence-electron chi connectivity index (χ1n) is 4.95. The number of hydrogen-bond acceptors (Lipinski definition) is 2. The molecule has 0 bridgehead atoms. The summed E-state index contributed by atoms with van der Waals surface area (Å²) in [6.07, 6.45) is 0.414. The van der Waals surface area contributed by atoms with Crippen LogP contribution in [0.2, 0.25) is 0 Å². The van der Waals surface area contributed by atoms with Gasteiger partial charge in [0, 0.05) is 25.2 Å². The Morgan fingerprint density at radius 2 is 2.00 bits per heavy atom. The molecule has 0 aliphatic carbocycles. The summed E-state index contributed by atoms with van der Waals surface area (Å²) in [4.78, 5) is 13.1. The minimum Gasteiger partial charge on any atom is -0.329 e. The molecule has 2 N–H and O–H groups in total. The van der Waals surface area contributed by atoms with Crippen LogP contribution >= 0.6 is 0 Å². The molecule has 15 heavy (non-hydrogen) atoms. The van der Waals surface area contributed by atoms with Crippen molar-refractivity contribution in [2.45, 2.75) is 13.3 Å². The first-order valence-corrected chi connectivity index (χ1v) is 4.95. The van der Waals surface area contributed by atoms with Gasteiger partial charge < -0.3 is 10.6 Å². The third-order valence-electron chi connectivity index (χ3n) is 2.09. The van der Waals surface area contributed by atoms with E-state index >= 15 is 0 Å². The highest BCUT2D eigenvalue weighted by Gasteiger charge is 2.12. The third-order valence-corrected chi connectivity index (χ3v) is 2.09. The number of nitrogens with zero attached hydrogens (tertiary/aromatic N) is 1. The van der Waals surface area contributed by atoms with Gasteiger partial charge in [-0.3, -0.25) is 4.79 Å². The highest BCUT2D eigenvalue weighted by molar-refractivity contribution is 5.93. The Hall–Kier alpha value is -1.42. The van der Waals surface area contributed by atoms with Gasteiger partial charge in [0.15, 0.2) is 0 Å². The number of nitrogens with two attached hydrogens (primary N) is 1. The summed E-state index contributed by atoms with van der Waals surface area (Å²) in [5, 5.41) is 0. The molecule has 1 aromatic rings. The van der Waals surface area contributed by atoms with Crippen molar-refractivity contribution >= 4 is 11.6 Å². The highest BCUT2D eigenvalue weighted by atomic mass is 19.1. The normalized spacial score (nSPS) is 10.1. The third kappa shape index (κ3) is 3.02. The summed E-state index contributed by atoms with van der Waals surface area (Å²) in [5.41, 5.74) is 6.11. The van der Waals surface area contributed by atoms with E-state index in [1.807, 2.05) is 0 Å². The zero-order valence-electron chi connectivity index (χ0n) is 8.74. The summed E-state index contributed by atoms with van der Waals surface area (Å²) < 4.78 is 12.7. The molecule has 0 aromatic heterocycles. The van der Waals surface area contributed by atoms with Gasteiger partial charge in [0.25, 0.3) is 0 Å². The van der Waals surface area contributed by atoms with E-state index in [1.165, 1.54) is 12.1 Å². The van der Waals surface area contributed by atoms with Gasteiger partial charge in [-0.15, -0.1) is 0 Å². The fraction of sp³-hybridized carbons (Fsp3) is 0.364. The molecule has 0 radical (unpaired) electrons. The first kappa shape index (κ1) is 11.7. The second-order valence-electron chi connectivity index (χ2n) is 3.16. The number of carbonyl (C=O) groups excluding carboxylic acids is 1. The molecule has 3 nitrogen and oxygen atoms in total. The molecule has 0 heterocycles. The lowest BCUT2D eigenvalue weighted by molar-refractivity contribution is -0.118. The van der Waals surface area contributed by atoms with Gasteiger partial charge in [-0.1, -0.05) is 6.92 Å². The zero-order valence-corrected chi connectivity index (χ0v) is 8.74. The molecule has 0 saturated heterocycles. The van der Waals surface area contributed by atoms with Crippen LogP contribution in [0.15, 0.2) is 24.3 Å². The van der Waals surface area contributed by atoms with E-state index in [-0.39, 0.29) is 11.7 Å². The Morgan fingerprint density at radius 3 is 2.47 bits per heavy atom. The van der Waals surface area contributed by atoms with E-state index in [9.17, 15) is 9.18 Å². The largest absolute Gasteiger partial charge is 0.329 e. The Balaban J connectivity index is 2.88. The van der Waals surface area contributed by atoms with E-state index in [2.05, 4.69) is 0 Å². The molecule has 0 spiro atoms. The van der Waals surface area contributed by atoms with E-state index < -0.39 is 0 Å². The molecule has 0 fully saturated rings. The van der Waals surface area contributed by atoms with Crippen LogP contribution in [0.5, 0.6) is 0 Å². The van der Waals surface area contributed by atoms with Crippen molar-refractivity contribution in [1.82, 2.24) is 0 Å². The van der Waals surface area contributed by atoms with E-state index in [0.29, 0.717) is 25.2 Å². The second-order valence-corrected chi connectivity index (χ2v) is 3.16. The van der Waals surface area contributed by atoms with Crippen LogP contribution in [0.25, 0.3) is 0 Å². The number of benzene rings is 1. The Morgan fingerprint density at radius 1 is 1.40 bits per heavy atom. The van der Waals surface area contributed by atoms with E-state index in [0.717, 1.165) is 0 Å². The maximum Gasteiger partial charge on any atom is 0.226 e. The van der Waals surface area contributed by atoms with E-state index in [4.69, 9.17) is 5.73 Å². The molecular weight excluding hydrogens is 195 g/mol. The number of hydrogen-bond donors (Lipinski definition) is 1. The average Bonchev–Trinajstić information content (AvgIpc) is 2.26. The molecule has 4 heteroatoms. The van der Waals surface area contributed by atoms with Crippen LogP contribution in [-0.4, -0.2) is 19.0 Å². The van der Waals surface area contributed by atoms with Gasteiger partial charge in [-0.05, 0) is 24.3 Å². The van der Waals surface area contributed by atoms with Crippen LogP contribution < -0.4 is 10.6 Å². The Bertz CT molecular complexity index is 324. The summed E-state index contributed by atoms with van der Waals surface area (Å²) in [7, 11) is 0.